The second-order valence-electron chi connectivity index (χ2n) is 8.19. The van der Waals surface area contributed by atoms with E-state index in [1.165, 1.54) is 16.5 Å². The second kappa shape index (κ2) is 8.44. The molecular weight excluding hydrogens is 386 g/mol. The van der Waals surface area contributed by atoms with Crippen molar-refractivity contribution in [1.29, 1.82) is 0 Å². The third-order valence-corrected chi connectivity index (χ3v) is 5.99. The summed E-state index contributed by atoms with van der Waals surface area (Å²) in [6.07, 6.45) is -0.213. The van der Waals surface area contributed by atoms with Gasteiger partial charge in [-0.2, -0.15) is 0 Å². The maximum atomic E-state index is 6.27. The van der Waals surface area contributed by atoms with Crippen LogP contribution < -0.4 is 9.64 Å². The van der Waals surface area contributed by atoms with Crippen LogP contribution in [0.4, 0.5) is 5.69 Å². The van der Waals surface area contributed by atoms with Crippen LogP contribution in [0, 0.1) is 0 Å². The number of benzene rings is 3. The van der Waals surface area contributed by atoms with Gasteiger partial charge in [0.15, 0.2) is 5.76 Å². The van der Waals surface area contributed by atoms with Crippen molar-refractivity contribution in [3.05, 3.63) is 78.5 Å². The van der Waals surface area contributed by atoms with E-state index < -0.39 is 0 Å². The number of anilines is 1. The number of hydrogen-bond donors (Lipinski definition) is 0. The van der Waals surface area contributed by atoms with Gasteiger partial charge in [0.25, 0.3) is 0 Å². The maximum Gasteiger partial charge on any atom is 0.167 e. The van der Waals surface area contributed by atoms with Gasteiger partial charge in [0.05, 0.1) is 0 Å². The first-order valence-electron chi connectivity index (χ1n) is 10.8. The first-order valence-corrected chi connectivity index (χ1v) is 10.8. The van der Waals surface area contributed by atoms with Crippen LogP contribution >= 0.6 is 0 Å². The van der Waals surface area contributed by atoms with E-state index in [2.05, 4.69) is 52.3 Å². The Hall–Kier alpha value is -3.31. The molecule has 1 unspecified atom stereocenters. The molecule has 1 fully saturated rings. The van der Waals surface area contributed by atoms with Gasteiger partial charge in [-0.05, 0) is 37.6 Å². The molecule has 31 heavy (non-hydrogen) atoms. The lowest BCUT2D eigenvalue weighted by Gasteiger charge is -2.34. The fraction of sp³-hybridized carbons (Fsp3) is 0.269. The van der Waals surface area contributed by atoms with Gasteiger partial charge in [0, 0.05) is 48.9 Å². The number of piperazine rings is 1. The summed E-state index contributed by atoms with van der Waals surface area (Å²) in [5.74, 6) is 1.59. The normalized spacial score (nSPS) is 15.9. The fourth-order valence-corrected chi connectivity index (χ4v) is 4.12. The smallest absolute Gasteiger partial charge is 0.167 e. The van der Waals surface area contributed by atoms with Gasteiger partial charge < -0.3 is 19.1 Å². The number of aromatic nitrogens is 1. The van der Waals surface area contributed by atoms with E-state index in [4.69, 9.17) is 9.26 Å². The topological polar surface area (TPSA) is 41.7 Å². The predicted molar refractivity (Wildman–Crippen MR) is 125 cm³/mol. The Balaban J connectivity index is 1.38. The zero-order valence-electron chi connectivity index (χ0n) is 18.0. The molecular formula is C26H27N3O2. The van der Waals surface area contributed by atoms with Crippen LogP contribution in [-0.4, -0.2) is 43.3 Å². The maximum absolute atomic E-state index is 6.27. The number of nitrogens with zero attached hydrogens (tertiary/aromatic N) is 3. The molecule has 2 heterocycles. The summed E-state index contributed by atoms with van der Waals surface area (Å²) in [7, 11) is 2.18. The lowest BCUT2D eigenvalue weighted by Crippen LogP contribution is -2.44. The van der Waals surface area contributed by atoms with Gasteiger partial charge in [-0.15, -0.1) is 0 Å². The van der Waals surface area contributed by atoms with E-state index in [0.29, 0.717) is 0 Å². The van der Waals surface area contributed by atoms with Gasteiger partial charge in [-0.3, -0.25) is 0 Å². The first-order chi connectivity index (χ1) is 15.2. The minimum Gasteiger partial charge on any atom is -0.484 e. The molecule has 1 aliphatic rings. The highest BCUT2D eigenvalue weighted by molar-refractivity contribution is 5.95. The molecule has 5 heteroatoms. The molecule has 5 nitrogen and oxygen atoms in total. The fourth-order valence-electron chi connectivity index (χ4n) is 4.12. The van der Waals surface area contributed by atoms with Gasteiger partial charge in [-0.25, -0.2) is 0 Å². The molecule has 5 rings (SSSR count). The molecule has 1 aromatic heterocycles. The number of likely N-dealkylation sites (N-methyl/N-ethyl adjacent to an activating group) is 1. The molecule has 0 radical (unpaired) electrons. The lowest BCUT2D eigenvalue weighted by atomic mass is 10.1. The number of fused-ring (bicyclic) bond motifs is 1. The summed E-state index contributed by atoms with van der Waals surface area (Å²) < 4.78 is 11.8. The largest absolute Gasteiger partial charge is 0.484 e. The van der Waals surface area contributed by atoms with Crippen molar-refractivity contribution in [1.82, 2.24) is 10.1 Å². The third-order valence-electron chi connectivity index (χ3n) is 5.99. The van der Waals surface area contributed by atoms with Gasteiger partial charge in [0.1, 0.15) is 17.5 Å². The van der Waals surface area contributed by atoms with Gasteiger partial charge in [-0.1, -0.05) is 53.7 Å². The zero-order valence-corrected chi connectivity index (χ0v) is 18.0. The quantitative estimate of drug-likeness (QED) is 0.439. The SMILES string of the molecule is CC(Oc1ccc2cccc(N3CCN(C)CC3)c2c1)c1cc(-c2ccccc2)on1. The van der Waals surface area contributed by atoms with Crippen molar-refractivity contribution in [2.24, 2.45) is 0 Å². The summed E-state index contributed by atoms with van der Waals surface area (Å²) in [5, 5.41) is 6.69. The van der Waals surface area contributed by atoms with Crippen molar-refractivity contribution in [3.8, 4) is 17.1 Å². The molecule has 0 amide bonds. The van der Waals surface area contributed by atoms with Crippen LogP contribution in [0.5, 0.6) is 5.75 Å². The van der Waals surface area contributed by atoms with Crippen LogP contribution in [0.1, 0.15) is 18.7 Å². The van der Waals surface area contributed by atoms with Crippen LogP contribution in [-0.2, 0) is 0 Å². The molecule has 0 saturated carbocycles. The number of rotatable bonds is 5. The van der Waals surface area contributed by atoms with Crippen molar-refractivity contribution in [2.75, 3.05) is 38.1 Å². The lowest BCUT2D eigenvalue weighted by molar-refractivity contribution is 0.215. The molecule has 1 saturated heterocycles. The van der Waals surface area contributed by atoms with E-state index in [0.717, 1.165) is 48.9 Å². The summed E-state index contributed by atoms with van der Waals surface area (Å²) in [6, 6.07) is 24.8. The van der Waals surface area contributed by atoms with Gasteiger partial charge >= 0.3 is 0 Å². The van der Waals surface area contributed by atoms with E-state index in [1.54, 1.807) is 0 Å². The minimum atomic E-state index is -0.213. The minimum absolute atomic E-state index is 0.213. The van der Waals surface area contributed by atoms with Crippen molar-refractivity contribution in [3.63, 3.8) is 0 Å². The van der Waals surface area contributed by atoms with Gasteiger partial charge in [0.2, 0.25) is 0 Å². The van der Waals surface area contributed by atoms with E-state index in [9.17, 15) is 0 Å². The summed E-state index contributed by atoms with van der Waals surface area (Å²) in [4.78, 5) is 4.85. The highest BCUT2D eigenvalue weighted by atomic mass is 16.5. The van der Waals surface area contributed by atoms with Crippen molar-refractivity contribution in [2.45, 2.75) is 13.0 Å². The first kappa shape index (κ1) is 19.6. The summed E-state index contributed by atoms with van der Waals surface area (Å²) in [6.45, 7) is 6.25. The molecule has 0 bridgehead atoms. The standard InChI is InChI=1S/C26H27N3O2/c1-19(24-18-26(31-27-24)21-7-4-3-5-8-21)30-22-12-11-20-9-6-10-25(23(20)17-22)29-15-13-28(2)14-16-29/h3-12,17-19H,13-16H2,1-2H3. The summed E-state index contributed by atoms with van der Waals surface area (Å²) >= 11 is 0. The zero-order chi connectivity index (χ0) is 21.2. The summed E-state index contributed by atoms with van der Waals surface area (Å²) in [5.41, 5.74) is 3.07. The molecule has 1 aliphatic heterocycles. The van der Waals surface area contributed by atoms with Crippen LogP contribution in [0.25, 0.3) is 22.1 Å². The Kier molecular flexibility index (Phi) is 5.35. The van der Waals surface area contributed by atoms with E-state index >= 15 is 0 Å². The molecule has 0 spiro atoms. The Morgan fingerprint density at radius 2 is 1.71 bits per heavy atom. The Labute approximate surface area is 182 Å². The third kappa shape index (κ3) is 4.14. The Morgan fingerprint density at radius 3 is 2.52 bits per heavy atom. The number of hydrogen-bond acceptors (Lipinski definition) is 5. The molecule has 1 atom stereocenters. The van der Waals surface area contributed by atoms with Crippen LogP contribution in [0.2, 0.25) is 0 Å². The van der Waals surface area contributed by atoms with Crippen molar-refractivity contribution < 1.29 is 9.26 Å². The average molecular weight is 414 g/mol. The molecule has 0 aliphatic carbocycles. The molecule has 158 valence electrons. The number of ether oxygens (including phenoxy) is 1. The highest BCUT2D eigenvalue weighted by Crippen LogP contribution is 2.33. The highest BCUT2D eigenvalue weighted by Gasteiger charge is 2.18. The molecule has 4 aromatic rings. The van der Waals surface area contributed by atoms with Crippen molar-refractivity contribution >= 4 is 16.5 Å². The van der Waals surface area contributed by atoms with Crippen LogP contribution in [0.3, 0.4) is 0 Å². The monoisotopic (exact) mass is 413 g/mol. The second-order valence-corrected chi connectivity index (χ2v) is 8.19. The Bertz CT molecular complexity index is 1160. The predicted octanol–water partition coefficient (Wildman–Crippen LogP) is 5.39. The molecule has 3 aromatic carbocycles. The van der Waals surface area contributed by atoms with E-state index in [-0.39, 0.29) is 6.10 Å². The van der Waals surface area contributed by atoms with Crippen LogP contribution in [0.15, 0.2) is 77.3 Å². The molecule has 0 N–H and O–H groups in total. The average Bonchev–Trinajstić information content (AvgIpc) is 3.31. The van der Waals surface area contributed by atoms with E-state index in [1.807, 2.05) is 49.4 Å². The Morgan fingerprint density at radius 1 is 0.903 bits per heavy atom.